The molecule has 0 amide bonds. The van der Waals surface area contributed by atoms with Gasteiger partial charge in [-0.3, -0.25) is 0 Å². The highest BCUT2D eigenvalue weighted by molar-refractivity contribution is 9.10. The maximum Gasteiger partial charge on any atom is 0.116 e. The topological polar surface area (TPSA) is 20.2 Å². The number of phenolic OH excluding ortho intramolecular Hbond substituents is 1. The summed E-state index contributed by atoms with van der Waals surface area (Å²) in [6, 6.07) is 29.0. The fourth-order valence-electron chi connectivity index (χ4n) is 4.56. The summed E-state index contributed by atoms with van der Waals surface area (Å²) in [5.41, 5.74) is 3.14. The van der Waals surface area contributed by atoms with E-state index in [0.29, 0.717) is 5.75 Å². The predicted molar refractivity (Wildman–Crippen MR) is 131 cm³/mol. The number of fused-ring (bicyclic) bond motifs is 6. The summed E-state index contributed by atoms with van der Waals surface area (Å²) in [6.45, 7) is 0. The lowest BCUT2D eigenvalue weighted by molar-refractivity contribution is 0.476. The lowest BCUT2D eigenvalue weighted by Gasteiger charge is -2.19. The number of aromatic hydroxyl groups is 1. The molecule has 0 unspecified atom stereocenters. The van der Waals surface area contributed by atoms with Crippen molar-refractivity contribution >= 4 is 48.2 Å². The van der Waals surface area contributed by atoms with E-state index in [9.17, 15) is 0 Å². The Morgan fingerprint density at radius 2 is 1.30 bits per heavy atom. The summed E-state index contributed by atoms with van der Waals surface area (Å²) in [4.78, 5) is 0. The van der Waals surface area contributed by atoms with Crippen molar-refractivity contribution in [3.63, 3.8) is 0 Å². The molecule has 0 spiro atoms. The van der Waals surface area contributed by atoms with Crippen molar-refractivity contribution in [2.45, 2.75) is 25.7 Å². The third-order valence-electron chi connectivity index (χ3n) is 6.06. The molecule has 5 aromatic rings. The molecular weight excluding hydrogens is 432 g/mol. The van der Waals surface area contributed by atoms with Crippen LogP contribution in [0.3, 0.4) is 0 Å². The fourth-order valence-corrected chi connectivity index (χ4v) is 5.14. The van der Waals surface area contributed by atoms with Gasteiger partial charge in [0.05, 0.1) is 0 Å². The van der Waals surface area contributed by atoms with Crippen LogP contribution in [0, 0.1) is 0 Å². The van der Waals surface area contributed by atoms with Gasteiger partial charge in [-0.15, -0.1) is 0 Å². The highest BCUT2D eigenvalue weighted by atomic mass is 79.9. The quantitative estimate of drug-likeness (QED) is 0.234. The fraction of sp³-hybridized carbons (Fsp3) is 0.143. The number of benzene rings is 5. The van der Waals surface area contributed by atoms with E-state index in [1.54, 1.807) is 23.3 Å². The Hall–Kier alpha value is -2.84. The van der Waals surface area contributed by atoms with Crippen molar-refractivity contribution < 1.29 is 5.11 Å². The molecule has 0 bridgehead atoms. The van der Waals surface area contributed by atoms with E-state index in [0.717, 1.165) is 10.8 Å². The van der Waals surface area contributed by atoms with Gasteiger partial charge in [0.1, 0.15) is 5.75 Å². The van der Waals surface area contributed by atoms with E-state index in [1.807, 2.05) is 30.3 Å². The molecule has 0 aromatic heterocycles. The first-order chi connectivity index (χ1) is 14.7. The number of rotatable bonds is 0. The molecule has 148 valence electrons. The zero-order valence-electron chi connectivity index (χ0n) is 16.7. The van der Waals surface area contributed by atoms with Gasteiger partial charge in [-0.2, -0.15) is 0 Å². The first kappa shape index (κ1) is 19.1. The van der Waals surface area contributed by atoms with Crippen LogP contribution in [0.5, 0.6) is 5.75 Å². The van der Waals surface area contributed by atoms with Gasteiger partial charge >= 0.3 is 0 Å². The van der Waals surface area contributed by atoms with Gasteiger partial charge in [-0.05, 0) is 87.3 Å². The third-order valence-corrected chi connectivity index (χ3v) is 6.71. The minimum absolute atomic E-state index is 0.323. The summed E-state index contributed by atoms with van der Waals surface area (Å²) in [7, 11) is 0. The summed E-state index contributed by atoms with van der Waals surface area (Å²) < 4.78 is 1.22. The van der Waals surface area contributed by atoms with Crippen LogP contribution in [0.4, 0.5) is 0 Å². The lowest BCUT2D eigenvalue weighted by atomic mass is 9.86. The monoisotopic (exact) mass is 454 g/mol. The van der Waals surface area contributed by atoms with Crippen LogP contribution >= 0.6 is 15.9 Å². The molecule has 0 atom stereocenters. The van der Waals surface area contributed by atoms with Gasteiger partial charge in [0, 0.05) is 4.47 Å². The smallest absolute Gasteiger partial charge is 0.116 e. The lowest BCUT2D eigenvalue weighted by Crippen LogP contribution is -2.03. The van der Waals surface area contributed by atoms with E-state index >= 15 is 0 Å². The van der Waals surface area contributed by atoms with Crippen molar-refractivity contribution in [3.8, 4) is 5.75 Å². The maximum atomic E-state index is 9.13. The van der Waals surface area contributed by atoms with Crippen LogP contribution in [0.1, 0.15) is 24.0 Å². The first-order valence-electron chi connectivity index (χ1n) is 10.5. The molecule has 30 heavy (non-hydrogen) atoms. The Morgan fingerprint density at radius 1 is 0.600 bits per heavy atom. The molecule has 5 aromatic carbocycles. The molecule has 2 heteroatoms. The molecule has 1 aliphatic rings. The standard InChI is InChI=1S/C18H15Br.C10H8O/c19-18-11-17-13-6-2-1-5-12(13)9-10-15(17)14-7-3-4-8-16(14)18;11-10-6-5-8-3-1-2-4-9(8)7-10/h3-4,7-11H,1-2,5-6H2;1-7,11H. The average molecular weight is 455 g/mol. The summed E-state index contributed by atoms with van der Waals surface area (Å²) in [6.07, 6.45) is 5.15. The van der Waals surface area contributed by atoms with E-state index in [-0.39, 0.29) is 0 Å². The second kappa shape index (κ2) is 8.12. The molecule has 0 fully saturated rings. The highest BCUT2D eigenvalue weighted by Crippen LogP contribution is 2.36. The number of halogens is 1. The average Bonchev–Trinajstić information content (AvgIpc) is 2.79. The van der Waals surface area contributed by atoms with Crippen LogP contribution in [-0.2, 0) is 12.8 Å². The molecule has 0 saturated carbocycles. The Kier molecular flexibility index (Phi) is 5.18. The normalized spacial score (nSPS) is 13.1. The van der Waals surface area contributed by atoms with Crippen molar-refractivity contribution in [2.24, 2.45) is 0 Å². The van der Waals surface area contributed by atoms with E-state index in [2.05, 4.69) is 58.4 Å². The Morgan fingerprint density at radius 3 is 2.17 bits per heavy atom. The van der Waals surface area contributed by atoms with Crippen LogP contribution < -0.4 is 0 Å². The Labute approximate surface area is 185 Å². The predicted octanol–water partition coefficient (Wildman–Crippen LogP) is 8.18. The van der Waals surface area contributed by atoms with Crippen LogP contribution in [0.2, 0.25) is 0 Å². The molecule has 1 aliphatic carbocycles. The summed E-state index contributed by atoms with van der Waals surface area (Å²) in [5, 5.41) is 16.9. The third kappa shape index (κ3) is 3.57. The number of hydrogen-bond donors (Lipinski definition) is 1. The molecule has 6 rings (SSSR count). The van der Waals surface area contributed by atoms with Crippen molar-refractivity contribution in [1.82, 2.24) is 0 Å². The molecule has 0 aliphatic heterocycles. The second-order valence-corrected chi connectivity index (χ2v) is 8.80. The molecule has 0 radical (unpaired) electrons. The molecular formula is C28H23BrO. The minimum Gasteiger partial charge on any atom is -0.508 e. The van der Waals surface area contributed by atoms with Crippen LogP contribution in [0.25, 0.3) is 32.3 Å². The number of aryl methyl sites for hydroxylation is 2. The van der Waals surface area contributed by atoms with Gasteiger partial charge in [-0.1, -0.05) is 82.7 Å². The van der Waals surface area contributed by atoms with Crippen LogP contribution in [0.15, 0.2) is 89.4 Å². The second-order valence-electron chi connectivity index (χ2n) is 7.94. The zero-order chi connectivity index (χ0) is 20.5. The SMILES string of the molecule is Brc1cc2c3c(ccc2c2ccccc12)CCCC3.Oc1ccc2ccccc2c1. The molecule has 0 saturated heterocycles. The van der Waals surface area contributed by atoms with Gasteiger partial charge in [0.15, 0.2) is 0 Å². The van der Waals surface area contributed by atoms with Crippen LogP contribution in [-0.4, -0.2) is 5.11 Å². The van der Waals surface area contributed by atoms with Crippen molar-refractivity contribution in [2.75, 3.05) is 0 Å². The van der Waals surface area contributed by atoms with Gasteiger partial charge in [-0.25, -0.2) is 0 Å². The minimum atomic E-state index is 0.323. The summed E-state index contributed by atoms with van der Waals surface area (Å²) in [5.74, 6) is 0.323. The van der Waals surface area contributed by atoms with Crippen molar-refractivity contribution in [3.05, 3.63) is 101 Å². The first-order valence-corrected chi connectivity index (χ1v) is 11.3. The number of phenols is 1. The Bertz CT molecular complexity index is 1370. The highest BCUT2D eigenvalue weighted by Gasteiger charge is 2.14. The largest absolute Gasteiger partial charge is 0.508 e. The van der Waals surface area contributed by atoms with E-state index in [4.69, 9.17) is 5.11 Å². The van der Waals surface area contributed by atoms with Gasteiger partial charge in [0.25, 0.3) is 0 Å². The van der Waals surface area contributed by atoms with E-state index in [1.165, 1.54) is 51.7 Å². The Balaban J connectivity index is 0.000000149. The maximum absolute atomic E-state index is 9.13. The van der Waals surface area contributed by atoms with Crippen molar-refractivity contribution in [1.29, 1.82) is 0 Å². The molecule has 1 N–H and O–H groups in total. The summed E-state index contributed by atoms with van der Waals surface area (Å²) >= 11 is 3.75. The molecule has 0 heterocycles. The number of hydrogen-bond acceptors (Lipinski definition) is 1. The zero-order valence-corrected chi connectivity index (χ0v) is 18.3. The molecule has 1 nitrogen and oxygen atoms in total. The van der Waals surface area contributed by atoms with E-state index < -0.39 is 0 Å². The van der Waals surface area contributed by atoms with Gasteiger partial charge < -0.3 is 5.11 Å². The van der Waals surface area contributed by atoms with Gasteiger partial charge in [0.2, 0.25) is 0 Å².